The van der Waals surface area contributed by atoms with Crippen LogP contribution in [0, 0.1) is 5.82 Å². The highest BCUT2D eigenvalue weighted by molar-refractivity contribution is 6.31. The number of rotatable bonds is 6. The summed E-state index contributed by atoms with van der Waals surface area (Å²) in [5.41, 5.74) is 3.13. The van der Waals surface area contributed by atoms with Gasteiger partial charge in [0.1, 0.15) is 17.1 Å². The van der Waals surface area contributed by atoms with Gasteiger partial charge in [-0.2, -0.15) is 5.10 Å². The molecule has 1 fully saturated rings. The summed E-state index contributed by atoms with van der Waals surface area (Å²) < 4.78 is 29.1. The number of fused-ring (bicyclic) bond motifs is 7. The van der Waals surface area contributed by atoms with E-state index < -0.39 is 29.3 Å². The molecule has 0 radical (unpaired) electrons. The van der Waals surface area contributed by atoms with Gasteiger partial charge in [0, 0.05) is 52.3 Å². The van der Waals surface area contributed by atoms with E-state index in [0.717, 1.165) is 22.4 Å². The van der Waals surface area contributed by atoms with Crippen LogP contribution in [0.1, 0.15) is 51.6 Å². The summed E-state index contributed by atoms with van der Waals surface area (Å²) in [6, 6.07) is 22.7. The van der Waals surface area contributed by atoms with Gasteiger partial charge in [0.05, 0.1) is 35.9 Å². The van der Waals surface area contributed by atoms with Gasteiger partial charge in [-0.25, -0.2) is 9.18 Å². The van der Waals surface area contributed by atoms with Crippen molar-refractivity contribution in [2.24, 2.45) is 0 Å². The van der Waals surface area contributed by atoms with Gasteiger partial charge >= 0.3 is 5.97 Å². The molecule has 1 saturated heterocycles. The fourth-order valence-electron chi connectivity index (χ4n) is 8.07. The third kappa shape index (κ3) is 4.33. The lowest BCUT2D eigenvalue weighted by Crippen LogP contribution is -2.52. The molecule has 11 heteroatoms. The van der Waals surface area contributed by atoms with Crippen molar-refractivity contribution in [2.75, 3.05) is 19.0 Å². The maximum absolute atomic E-state index is 16.4. The van der Waals surface area contributed by atoms with Crippen LogP contribution in [0.5, 0.6) is 5.75 Å². The molecule has 3 aliphatic rings. The van der Waals surface area contributed by atoms with Crippen molar-refractivity contribution < 1.29 is 23.5 Å². The molecule has 1 amide bonds. The molecule has 0 unspecified atom stereocenters. The molecule has 4 atom stereocenters. The second-order valence-corrected chi connectivity index (χ2v) is 13.0. The summed E-state index contributed by atoms with van der Waals surface area (Å²) in [5.74, 6) is -1.34. The van der Waals surface area contributed by atoms with E-state index in [1.807, 2.05) is 48.0 Å². The Labute approximate surface area is 280 Å². The molecule has 8 rings (SSSR count). The number of hydrogen-bond acceptors (Lipinski definition) is 6. The van der Waals surface area contributed by atoms with Crippen molar-refractivity contribution in [1.82, 2.24) is 14.7 Å². The van der Waals surface area contributed by atoms with Gasteiger partial charge in [-0.05, 0) is 60.5 Å². The van der Waals surface area contributed by atoms with E-state index >= 15 is 4.39 Å². The maximum Gasteiger partial charge on any atom is 0.337 e. The number of nitrogens with zero attached hydrogens (tertiary/aromatic N) is 3. The predicted molar refractivity (Wildman–Crippen MR) is 177 cm³/mol. The number of anilines is 1. The number of benzene rings is 4. The Hall–Kier alpha value is -4.44. The number of halogens is 3. The van der Waals surface area contributed by atoms with Gasteiger partial charge < -0.3 is 14.8 Å². The Bertz CT molecular complexity index is 2120. The minimum Gasteiger partial charge on any atom is -0.494 e. The van der Waals surface area contributed by atoms with Gasteiger partial charge in [-0.1, -0.05) is 59.6 Å². The number of carbonyl (C=O) groups is 2. The average Bonchev–Trinajstić information content (AvgIpc) is 3.75. The van der Waals surface area contributed by atoms with Gasteiger partial charge in [0.15, 0.2) is 0 Å². The Kier molecular flexibility index (Phi) is 7.05. The van der Waals surface area contributed by atoms with E-state index in [2.05, 4.69) is 10.2 Å². The second kappa shape index (κ2) is 11.1. The lowest BCUT2D eigenvalue weighted by molar-refractivity contribution is -0.128. The SMILES string of the molecule is CCOc1cccc(CN2[C@H]3Cc4c5ccc(C(=O)OC)cc5nn4[C@H]3[C@H](c3cccc(Cl)c3F)[C@]23C(=O)Nc2cc(Cl)ccc23)c1. The van der Waals surface area contributed by atoms with Crippen LogP contribution in [0.4, 0.5) is 10.1 Å². The van der Waals surface area contributed by atoms with Crippen molar-refractivity contribution in [3.8, 4) is 5.75 Å². The number of hydrogen-bond donors (Lipinski definition) is 1. The Morgan fingerprint density at radius 2 is 1.91 bits per heavy atom. The van der Waals surface area contributed by atoms with Crippen molar-refractivity contribution in [3.05, 3.63) is 123 Å². The standard InChI is InChI=1S/C36H29Cl2FN4O4/c1-3-47-22-7-4-6-19(14-22)18-42-30-17-29-23-12-10-20(34(44)46-2)15-27(23)41-43(29)33(30)31(24-8-5-9-26(38)32(24)39)36(42)25-13-11-21(37)16-28(25)40-35(36)45/h4-16,30-31,33H,3,17-18H2,1-2H3,(H,40,45)/t30-,31-,33+,36+/m0/s1. The van der Waals surface area contributed by atoms with E-state index in [0.29, 0.717) is 52.5 Å². The van der Waals surface area contributed by atoms with E-state index in [4.69, 9.17) is 37.8 Å². The Balaban J connectivity index is 1.39. The number of aromatic nitrogens is 2. The smallest absolute Gasteiger partial charge is 0.337 e. The molecule has 5 aromatic rings. The highest BCUT2D eigenvalue weighted by Gasteiger charge is 2.69. The van der Waals surface area contributed by atoms with Crippen LogP contribution >= 0.6 is 23.2 Å². The molecule has 47 heavy (non-hydrogen) atoms. The first-order valence-corrected chi connectivity index (χ1v) is 16.1. The average molecular weight is 672 g/mol. The van der Waals surface area contributed by atoms with E-state index in [1.165, 1.54) is 13.2 Å². The van der Waals surface area contributed by atoms with E-state index in [1.54, 1.807) is 36.4 Å². The third-order valence-corrected chi connectivity index (χ3v) is 10.3. The number of methoxy groups -OCH3 is 1. The van der Waals surface area contributed by atoms with Gasteiger partial charge in [-0.3, -0.25) is 14.4 Å². The van der Waals surface area contributed by atoms with Crippen LogP contribution in [0.25, 0.3) is 10.9 Å². The second-order valence-electron chi connectivity index (χ2n) is 12.1. The molecule has 0 aliphatic carbocycles. The summed E-state index contributed by atoms with van der Waals surface area (Å²) in [6.45, 7) is 2.81. The van der Waals surface area contributed by atoms with Crippen LogP contribution in [0.3, 0.4) is 0 Å². The highest BCUT2D eigenvalue weighted by atomic mass is 35.5. The molecule has 0 bridgehead atoms. The number of likely N-dealkylation sites (tertiary alicyclic amines) is 1. The fraction of sp³-hybridized carbons (Fsp3) is 0.250. The number of carbonyl (C=O) groups excluding carboxylic acids is 2. The third-order valence-electron chi connectivity index (χ3n) is 9.81. The van der Waals surface area contributed by atoms with Crippen molar-refractivity contribution in [1.29, 1.82) is 0 Å². The van der Waals surface area contributed by atoms with Crippen molar-refractivity contribution >= 4 is 51.7 Å². The summed E-state index contributed by atoms with van der Waals surface area (Å²) in [5, 5.41) is 9.44. The number of amides is 1. The maximum atomic E-state index is 16.4. The van der Waals surface area contributed by atoms with E-state index in [-0.39, 0.29) is 17.0 Å². The lowest BCUT2D eigenvalue weighted by atomic mass is 9.73. The van der Waals surface area contributed by atoms with Gasteiger partial charge in [0.25, 0.3) is 0 Å². The molecule has 8 nitrogen and oxygen atoms in total. The van der Waals surface area contributed by atoms with Crippen molar-refractivity contribution in [2.45, 2.75) is 43.4 Å². The zero-order valence-electron chi connectivity index (χ0n) is 25.5. The predicted octanol–water partition coefficient (Wildman–Crippen LogP) is 7.28. The molecule has 3 aliphatic heterocycles. The first-order chi connectivity index (χ1) is 22.8. The first-order valence-electron chi connectivity index (χ1n) is 15.4. The number of nitrogens with one attached hydrogen (secondary N) is 1. The lowest BCUT2D eigenvalue weighted by Gasteiger charge is -2.40. The van der Waals surface area contributed by atoms with Gasteiger partial charge in [-0.15, -0.1) is 0 Å². The van der Waals surface area contributed by atoms with Crippen LogP contribution < -0.4 is 10.1 Å². The van der Waals surface area contributed by atoms with E-state index in [9.17, 15) is 9.59 Å². The molecule has 4 aromatic carbocycles. The summed E-state index contributed by atoms with van der Waals surface area (Å²) in [6.07, 6.45) is 0.528. The molecule has 1 aromatic heterocycles. The molecule has 238 valence electrons. The van der Waals surface area contributed by atoms with Crippen LogP contribution in [-0.2, 0) is 28.0 Å². The zero-order chi connectivity index (χ0) is 32.6. The zero-order valence-corrected chi connectivity index (χ0v) is 27.0. The fourth-order valence-corrected chi connectivity index (χ4v) is 8.43. The minimum absolute atomic E-state index is 0.0293. The Morgan fingerprint density at radius 3 is 2.72 bits per heavy atom. The molecule has 0 saturated carbocycles. The van der Waals surface area contributed by atoms with Crippen LogP contribution in [0.2, 0.25) is 10.0 Å². The topological polar surface area (TPSA) is 85.7 Å². The Morgan fingerprint density at radius 1 is 1.09 bits per heavy atom. The molecule has 1 spiro atoms. The number of esters is 1. The minimum atomic E-state index is -1.35. The monoisotopic (exact) mass is 670 g/mol. The quantitative estimate of drug-likeness (QED) is 0.191. The van der Waals surface area contributed by atoms with Crippen molar-refractivity contribution in [3.63, 3.8) is 0 Å². The molecule has 4 heterocycles. The van der Waals surface area contributed by atoms with Crippen LogP contribution in [-0.4, -0.2) is 46.3 Å². The summed E-state index contributed by atoms with van der Waals surface area (Å²) in [7, 11) is 1.34. The van der Waals surface area contributed by atoms with Gasteiger partial charge in [0.2, 0.25) is 5.91 Å². The molecular weight excluding hydrogens is 642 g/mol. The first kappa shape index (κ1) is 29.9. The molecular formula is C36H29Cl2FN4O4. The van der Waals surface area contributed by atoms with Crippen LogP contribution in [0.15, 0.2) is 78.9 Å². The summed E-state index contributed by atoms with van der Waals surface area (Å²) >= 11 is 12.9. The molecule has 1 N–H and O–H groups in total. The normalized spacial score (nSPS) is 22.7. The number of ether oxygens (including phenoxy) is 2. The highest BCUT2D eigenvalue weighted by Crippen LogP contribution is 2.64. The summed E-state index contributed by atoms with van der Waals surface area (Å²) in [4.78, 5) is 29.3. The largest absolute Gasteiger partial charge is 0.494 e.